The van der Waals surface area contributed by atoms with Crippen molar-refractivity contribution >= 4 is 68.5 Å². The van der Waals surface area contributed by atoms with Crippen LogP contribution in [0.4, 0.5) is 0 Å². The number of nitrogens with one attached hydrogen (secondary N) is 1. The maximum absolute atomic E-state index is 6.18. The van der Waals surface area contributed by atoms with Crippen LogP contribution in [0.15, 0.2) is 58.1 Å². The molecule has 3 aromatic rings. The van der Waals surface area contributed by atoms with E-state index in [1.165, 1.54) is 0 Å². The molecule has 168 valence electrons. The first kappa shape index (κ1) is 25.0. The van der Waals surface area contributed by atoms with Crippen molar-refractivity contribution in [2.75, 3.05) is 6.61 Å². The molecular weight excluding hydrogens is 558 g/mol. The van der Waals surface area contributed by atoms with E-state index < -0.39 is 0 Å². The monoisotopic (exact) mass is 574 g/mol. The molecule has 0 atom stereocenters. The van der Waals surface area contributed by atoms with Crippen molar-refractivity contribution < 1.29 is 9.47 Å². The van der Waals surface area contributed by atoms with Crippen molar-refractivity contribution in [3.63, 3.8) is 0 Å². The van der Waals surface area contributed by atoms with E-state index in [4.69, 9.17) is 55.9 Å². The molecule has 3 rings (SSSR count). The number of hydrogen-bond donors (Lipinski definition) is 1. The van der Waals surface area contributed by atoms with Crippen molar-refractivity contribution in [1.82, 2.24) is 5.43 Å². The summed E-state index contributed by atoms with van der Waals surface area (Å²) in [7, 11) is 0. The van der Waals surface area contributed by atoms with Gasteiger partial charge in [-0.3, -0.25) is 0 Å². The van der Waals surface area contributed by atoms with Crippen molar-refractivity contribution in [3.8, 4) is 11.5 Å². The van der Waals surface area contributed by atoms with Gasteiger partial charge in [-0.2, -0.15) is 5.10 Å². The molecule has 0 amide bonds. The lowest BCUT2D eigenvalue weighted by Crippen LogP contribution is -2.07. The smallest absolute Gasteiger partial charge is 0.175 e. The molecule has 4 nitrogen and oxygen atoms in total. The molecule has 0 saturated heterocycles. The van der Waals surface area contributed by atoms with Gasteiger partial charge >= 0.3 is 0 Å². The van der Waals surface area contributed by atoms with Gasteiger partial charge in [-0.1, -0.05) is 58.5 Å². The van der Waals surface area contributed by atoms with E-state index in [1.807, 2.05) is 25.1 Å². The number of nitrogens with zero attached hydrogens (tertiary/aromatic N) is 1. The average Bonchev–Trinajstić information content (AvgIpc) is 2.75. The lowest BCUT2D eigenvalue weighted by molar-refractivity contribution is 0.267. The van der Waals surface area contributed by atoms with E-state index in [9.17, 15) is 0 Å². The highest BCUT2D eigenvalue weighted by Gasteiger charge is 2.13. The molecule has 0 aliphatic heterocycles. The van der Waals surface area contributed by atoms with Gasteiger partial charge in [0.1, 0.15) is 6.61 Å². The minimum absolute atomic E-state index is 0.309. The second kappa shape index (κ2) is 12.0. The highest BCUT2D eigenvalue weighted by Crippen LogP contribution is 2.37. The molecular formula is C23H19BrCl4N2O2. The fraction of sp³-hybridized carbons (Fsp3) is 0.174. The highest BCUT2D eigenvalue weighted by atomic mass is 79.9. The van der Waals surface area contributed by atoms with Gasteiger partial charge in [-0.25, -0.2) is 0 Å². The predicted molar refractivity (Wildman–Crippen MR) is 137 cm³/mol. The van der Waals surface area contributed by atoms with Gasteiger partial charge in [0.05, 0.1) is 33.9 Å². The van der Waals surface area contributed by atoms with Crippen LogP contribution >= 0.6 is 62.3 Å². The van der Waals surface area contributed by atoms with Crippen LogP contribution in [0.25, 0.3) is 0 Å². The summed E-state index contributed by atoms with van der Waals surface area (Å²) in [5.41, 5.74) is 5.46. The Morgan fingerprint density at radius 1 is 0.938 bits per heavy atom. The van der Waals surface area contributed by atoms with Gasteiger partial charge in [0.15, 0.2) is 11.5 Å². The van der Waals surface area contributed by atoms with E-state index in [0.29, 0.717) is 51.3 Å². The summed E-state index contributed by atoms with van der Waals surface area (Å²) in [6, 6.07) is 14.5. The minimum atomic E-state index is 0.309. The zero-order valence-electron chi connectivity index (χ0n) is 17.0. The summed E-state index contributed by atoms with van der Waals surface area (Å²) in [6.45, 7) is 3.11. The molecule has 0 heterocycles. The number of benzene rings is 3. The van der Waals surface area contributed by atoms with E-state index in [1.54, 1.807) is 36.5 Å². The second-order valence-electron chi connectivity index (χ2n) is 6.59. The molecule has 0 unspecified atom stereocenters. The third-order valence-corrected chi connectivity index (χ3v) is 6.36. The minimum Gasteiger partial charge on any atom is -0.490 e. The number of halogens is 5. The second-order valence-corrected chi connectivity index (χ2v) is 9.08. The van der Waals surface area contributed by atoms with E-state index in [0.717, 1.165) is 21.2 Å². The van der Waals surface area contributed by atoms with Crippen LogP contribution in [0, 0.1) is 0 Å². The fourth-order valence-electron chi connectivity index (χ4n) is 2.80. The molecule has 0 aromatic heterocycles. The SMILES string of the molecule is CCOc1cc(/C=N/NCc2c(Cl)cccc2Cl)cc(Br)c1OCc1ccc(Cl)c(Cl)c1. The number of hydrogen-bond acceptors (Lipinski definition) is 4. The van der Waals surface area contributed by atoms with Crippen molar-refractivity contribution in [1.29, 1.82) is 0 Å². The van der Waals surface area contributed by atoms with Gasteiger partial charge in [0, 0.05) is 15.6 Å². The van der Waals surface area contributed by atoms with Gasteiger partial charge in [-0.15, -0.1) is 0 Å². The third kappa shape index (κ3) is 6.69. The summed E-state index contributed by atoms with van der Waals surface area (Å²) < 4.78 is 12.5. The largest absolute Gasteiger partial charge is 0.490 e. The quantitative estimate of drug-likeness (QED) is 0.206. The Balaban J connectivity index is 1.71. The molecule has 0 fully saturated rings. The van der Waals surface area contributed by atoms with E-state index in [2.05, 4.69) is 26.5 Å². The Hall–Kier alpha value is -1.63. The zero-order chi connectivity index (χ0) is 23.1. The van der Waals surface area contributed by atoms with Gasteiger partial charge in [-0.05, 0) is 70.4 Å². The van der Waals surface area contributed by atoms with E-state index in [-0.39, 0.29) is 0 Å². The Morgan fingerprint density at radius 2 is 1.69 bits per heavy atom. The van der Waals surface area contributed by atoms with Crippen molar-refractivity contribution in [2.45, 2.75) is 20.1 Å². The maximum Gasteiger partial charge on any atom is 0.175 e. The molecule has 0 saturated carbocycles. The molecule has 0 aliphatic rings. The van der Waals surface area contributed by atoms with Crippen LogP contribution in [0.1, 0.15) is 23.6 Å². The summed E-state index contributed by atoms with van der Waals surface area (Å²) in [6.07, 6.45) is 1.68. The molecule has 0 radical (unpaired) electrons. The normalized spacial score (nSPS) is 11.1. The fourth-order valence-corrected chi connectivity index (χ4v) is 4.22. The van der Waals surface area contributed by atoms with Crippen LogP contribution in [0.3, 0.4) is 0 Å². The number of hydrazone groups is 1. The van der Waals surface area contributed by atoms with Crippen LogP contribution in [0.2, 0.25) is 20.1 Å². The third-order valence-electron chi connectivity index (χ3n) is 4.32. The molecule has 3 aromatic carbocycles. The molecule has 0 bridgehead atoms. The molecule has 0 spiro atoms. The summed E-state index contributed by atoms with van der Waals surface area (Å²) in [5, 5.41) is 6.42. The Morgan fingerprint density at radius 3 is 2.38 bits per heavy atom. The summed E-state index contributed by atoms with van der Waals surface area (Å²) >= 11 is 28.0. The van der Waals surface area contributed by atoms with Crippen LogP contribution in [-0.2, 0) is 13.2 Å². The topological polar surface area (TPSA) is 42.8 Å². The standard InChI is InChI=1S/C23H19BrCl4N2O2/c1-2-31-22-10-15(11-29-30-12-16-18(25)4-3-5-19(16)26)8-17(24)23(22)32-13-14-6-7-20(27)21(28)9-14/h3-11,30H,2,12-13H2,1H3/b29-11+. The first-order chi connectivity index (χ1) is 15.4. The summed E-state index contributed by atoms with van der Waals surface area (Å²) in [4.78, 5) is 0. The van der Waals surface area contributed by atoms with Crippen molar-refractivity contribution in [3.05, 3.63) is 89.8 Å². The van der Waals surface area contributed by atoms with E-state index >= 15 is 0 Å². The van der Waals surface area contributed by atoms with Crippen LogP contribution in [-0.4, -0.2) is 12.8 Å². The zero-order valence-corrected chi connectivity index (χ0v) is 21.6. The maximum atomic E-state index is 6.18. The average molecular weight is 577 g/mol. The Bertz CT molecular complexity index is 1110. The lowest BCUT2D eigenvalue weighted by atomic mass is 10.2. The predicted octanol–water partition coefficient (Wildman–Crippen LogP) is 8.16. The summed E-state index contributed by atoms with van der Waals surface area (Å²) in [5.74, 6) is 1.18. The molecule has 9 heteroatoms. The lowest BCUT2D eigenvalue weighted by Gasteiger charge is -2.15. The number of ether oxygens (including phenoxy) is 2. The Kier molecular flexibility index (Phi) is 9.38. The number of rotatable bonds is 9. The van der Waals surface area contributed by atoms with Gasteiger partial charge in [0.2, 0.25) is 0 Å². The Labute approximate surface area is 215 Å². The van der Waals surface area contributed by atoms with Crippen LogP contribution in [0.5, 0.6) is 11.5 Å². The van der Waals surface area contributed by atoms with Gasteiger partial charge in [0.25, 0.3) is 0 Å². The van der Waals surface area contributed by atoms with Crippen molar-refractivity contribution in [2.24, 2.45) is 5.10 Å². The first-order valence-corrected chi connectivity index (χ1v) is 11.9. The van der Waals surface area contributed by atoms with Crippen LogP contribution < -0.4 is 14.9 Å². The molecule has 1 N–H and O–H groups in total. The van der Waals surface area contributed by atoms with Gasteiger partial charge < -0.3 is 14.9 Å². The molecule has 32 heavy (non-hydrogen) atoms. The highest BCUT2D eigenvalue weighted by molar-refractivity contribution is 9.10. The molecule has 0 aliphatic carbocycles. The first-order valence-electron chi connectivity index (χ1n) is 9.61.